The van der Waals surface area contributed by atoms with Gasteiger partial charge in [0.1, 0.15) is 4.90 Å². The summed E-state index contributed by atoms with van der Waals surface area (Å²) < 4.78 is 27.6. The van der Waals surface area contributed by atoms with Crippen LogP contribution >= 0.6 is 39.1 Å². The standard InChI is InChI=1S/C11H10BrCl2N3O2S/c1-6-7(4-15-17-6)5-16-20(18,19)11-9(13)2-8(12)3-10(11)14/h2-4,16H,5H2,1H3,(H,15,17). The second-order valence-corrected chi connectivity index (χ2v) is 7.48. The third kappa shape index (κ3) is 3.35. The number of aromatic amines is 1. The van der Waals surface area contributed by atoms with Crippen LogP contribution in [0.1, 0.15) is 11.3 Å². The van der Waals surface area contributed by atoms with Crippen LogP contribution in [0.2, 0.25) is 10.0 Å². The van der Waals surface area contributed by atoms with Crippen LogP contribution in [0.25, 0.3) is 0 Å². The van der Waals surface area contributed by atoms with E-state index in [-0.39, 0.29) is 21.5 Å². The van der Waals surface area contributed by atoms with Crippen LogP contribution in [-0.4, -0.2) is 18.6 Å². The molecular weight excluding hydrogens is 389 g/mol. The molecule has 0 aliphatic rings. The van der Waals surface area contributed by atoms with E-state index in [1.165, 1.54) is 12.1 Å². The van der Waals surface area contributed by atoms with Crippen LogP contribution in [0.5, 0.6) is 0 Å². The number of H-pyrrole nitrogens is 1. The number of benzene rings is 1. The zero-order chi connectivity index (χ0) is 14.9. The molecule has 1 aromatic heterocycles. The summed E-state index contributed by atoms with van der Waals surface area (Å²) in [6.45, 7) is 1.91. The lowest BCUT2D eigenvalue weighted by Crippen LogP contribution is -2.24. The number of hydrogen-bond acceptors (Lipinski definition) is 3. The molecule has 1 aromatic carbocycles. The maximum atomic E-state index is 12.3. The van der Waals surface area contributed by atoms with Gasteiger partial charge in [0.2, 0.25) is 10.0 Å². The molecule has 2 aromatic rings. The van der Waals surface area contributed by atoms with Crippen molar-refractivity contribution in [2.24, 2.45) is 0 Å². The van der Waals surface area contributed by atoms with Gasteiger partial charge in [0, 0.05) is 22.3 Å². The molecule has 0 fully saturated rings. The highest BCUT2D eigenvalue weighted by atomic mass is 79.9. The lowest BCUT2D eigenvalue weighted by atomic mass is 10.3. The maximum Gasteiger partial charge on any atom is 0.243 e. The summed E-state index contributed by atoms with van der Waals surface area (Å²) in [6, 6.07) is 2.95. The first-order valence-electron chi connectivity index (χ1n) is 5.44. The lowest BCUT2D eigenvalue weighted by molar-refractivity contribution is 0.581. The molecule has 0 bridgehead atoms. The van der Waals surface area contributed by atoms with E-state index < -0.39 is 10.0 Å². The van der Waals surface area contributed by atoms with E-state index in [4.69, 9.17) is 23.2 Å². The van der Waals surface area contributed by atoms with Crippen molar-refractivity contribution >= 4 is 49.2 Å². The van der Waals surface area contributed by atoms with Gasteiger partial charge in [-0.2, -0.15) is 5.10 Å². The van der Waals surface area contributed by atoms with Crippen LogP contribution < -0.4 is 4.72 Å². The van der Waals surface area contributed by atoms with Crippen molar-refractivity contribution in [3.8, 4) is 0 Å². The SMILES string of the molecule is Cc1[nH]ncc1CNS(=O)(=O)c1c(Cl)cc(Br)cc1Cl. The highest BCUT2D eigenvalue weighted by Gasteiger charge is 2.22. The third-order valence-electron chi connectivity index (χ3n) is 2.62. The van der Waals surface area contributed by atoms with E-state index in [0.717, 1.165) is 11.3 Å². The molecule has 0 atom stereocenters. The number of sulfonamides is 1. The number of halogens is 3. The van der Waals surface area contributed by atoms with Gasteiger partial charge in [-0.25, -0.2) is 13.1 Å². The molecule has 0 aliphatic heterocycles. The Morgan fingerprint density at radius 3 is 2.45 bits per heavy atom. The predicted octanol–water partition coefficient (Wildman–Crippen LogP) is 3.27. The Kier molecular flexibility index (Phi) is 4.76. The first-order valence-corrected chi connectivity index (χ1v) is 8.47. The minimum absolute atomic E-state index is 0.0563. The fraction of sp³-hybridized carbons (Fsp3) is 0.182. The van der Waals surface area contributed by atoms with Gasteiger partial charge in [-0.1, -0.05) is 39.1 Å². The Bertz CT molecular complexity index is 723. The van der Waals surface area contributed by atoms with Crippen LogP contribution in [0.4, 0.5) is 0 Å². The Morgan fingerprint density at radius 1 is 1.35 bits per heavy atom. The third-order valence-corrected chi connectivity index (χ3v) is 5.40. The first kappa shape index (κ1) is 15.8. The van der Waals surface area contributed by atoms with Gasteiger partial charge in [-0.05, 0) is 19.1 Å². The van der Waals surface area contributed by atoms with Gasteiger partial charge in [0.05, 0.1) is 16.2 Å². The van der Waals surface area contributed by atoms with Crippen LogP contribution in [0, 0.1) is 6.92 Å². The summed E-state index contributed by atoms with van der Waals surface area (Å²) in [5, 5.41) is 6.67. The number of nitrogens with zero attached hydrogens (tertiary/aromatic N) is 1. The van der Waals surface area contributed by atoms with Gasteiger partial charge < -0.3 is 0 Å². The van der Waals surface area contributed by atoms with E-state index >= 15 is 0 Å². The van der Waals surface area contributed by atoms with Crippen molar-refractivity contribution in [3.63, 3.8) is 0 Å². The molecule has 2 rings (SSSR count). The summed E-state index contributed by atoms with van der Waals surface area (Å²) in [4.78, 5) is -0.134. The Morgan fingerprint density at radius 2 is 1.95 bits per heavy atom. The second kappa shape index (κ2) is 6.03. The fourth-order valence-electron chi connectivity index (χ4n) is 1.58. The number of rotatable bonds is 4. The van der Waals surface area contributed by atoms with Crippen LogP contribution in [0.15, 0.2) is 27.7 Å². The van der Waals surface area contributed by atoms with Crippen molar-refractivity contribution in [3.05, 3.63) is 44.1 Å². The predicted molar refractivity (Wildman–Crippen MR) is 81.5 cm³/mol. The lowest BCUT2D eigenvalue weighted by Gasteiger charge is -2.10. The van der Waals surface area contributed by atoms with Crippen molar-refractivity contribution in [2.75, 3.05) is 0 Å². The maximum absolute atomic E-state index is 12.3. The molecule has 0 spiro atoms. The van der Waals surface area contributed by atoms with E-state index in [0.29, 0.717) is 4.47 Å². The van der Waals surface area contributed by atoms with Crippen molar-refractivity contribution in [1.82, 2.24) is 14.9 Å². The summed E-state index contributed by atoms with van der Waals surface area (Å²) in [7, 11) is -3.81. The van der Waals surface area contributed by atoms with Gasteiger partial charge in [-0.15, -0.1) is 0 Å². The van der Waals surface area contributed by atoms with Crippen molar-refractivity contribution in [1.29, 1.82) is 0 Å². The topological polar surface area (TPSA) is 74.8 Å². The molecule has 1 heterocycles. The zero-order valence-electron chi connectivity index (χ0n) is 10.2. The molecule has 0 unspecified atom stereocenters. The van der Waals surface area contributed by atoms with Crippen molar-refractivity contribution in [2.45, 2.75) is 18.4 Å². The summed E-state index contributed by atoms with van der Waals surface area (Å²) in [6.07, 6.45) is 1.56. The van der Waals surface area contributed by atoms with Gasteiger partial charge >= 0.3 is 0 Å². The summed E-state index contributed by atoms with van der Waals surface area (Å²) in [5.74, 6) is 0. The van der Waals surface area contributed by atoms with E-state index in [2.05, 4.69) is 30.8 Å². The average Bonchev–Trinajstić information content (AvgIpc) is 2.70. The molecule has 108 valence electrons. The van der Waals surface area contributed by atoms with E-state index in [9.17, 15) is 8.42 Å². The van der Waals surface area contributed by atoms with E-state index in [1.807, 2.05) is 0 Å². The second-order valence-electron chi connectivity index (χ2n) is 4.04. The highest BCUT2D eigenvalue weighted by Crippen LogP contribution is 2.32. The molecular formula is C11H10BrCl2N3O2S. The van der Waals surface area contributed by atoms with Gasteiger partial charge in [0.15, 0.2) is 0 Å². The zero-order valence-corrected chi connectivity index (χ0v) is 14.2. The smallest absolute Gasteiger partial charge is 0.243 e. The quantitative estimate of drug-likeness (QED) is 0.829. The summed E-state index contributed by atoms with van der Waals surface area (Å²) >= 11 is 15.1. The Balaban J connectivity index is 2.30. The minimum atomic E-state index is -3.81. The van der Waals surface area contributed by atoms with Gasteiger partial charge in [0.25, 0.3) is 0 Å². The molecule has 0 saturated heterocycles. The number of hydrogen-bond donors (Lipinski definition) is 2. The molecule has 20 heavy (non-hydrogen) atoms. The molecule has 0 saturated carbocycles. The largest absolute Gasteiger partial charge is 0.283 e. The molecule has 0 aliphatic carbocycles. The molecule has 2 N–H and O–H groups in total. The Hall–Kier alpha value is -0.600. The average molecular weight is 399 g/mol. The number of aromatic nitrogens is 2. The fourth-order valence-corrected chi connectivity index (χ4v) is 4.52. The van der Waals surface area contributed by atoms with Crippen LogP contribution in [-0.2, 0) is 16.6 Å². The minimum Gasteiger partial charge on any atom is -0.283 e. The van der Waals surface area contributed by atoms with Crippen molar-refractivity contribution < 1.29 is 8.42 Å². The van der Waals surface area contributed by atoms with Gasteiger partial charge in [-0.3, -0.25) is 5.10 Å². The molecule has 9 heteroatoms. The number of nitrogens with one attached hydrogen (secondary N) is 2. The van der Waals surface area contributed by atoms with Crippen LogP contribution in [0.3, 0.4) is 0 Å². The molecule has 0 amide bonds. The Labute approximate surface area is 134 Å². The highest BCUT2D eigenvalue weighted by molar-refractivity contribution is 9.10. The van der Waals surface area contributed by atoms with E-state index in [1.54, 1.807) is 13.1 Å². The summed E-state index contributed by atoms with van der Waals surface area (Å²) in [5.41, 5.74) is 1.54. The first-order chi connectivity index (χ1) is 9.31. The normalized spacial score (nSPS) is 11.8. The monoisotopic (exact) mass is 397 g/mol. The molecule has 5 nitrogen and oxygen atoms in total. The molecule has 0 radical (unpaired) electrons. The number of aryl methyl sites for hydroxylation is 1.